The van der Waals surface area contributed by atoms with E-state index in [1.165, 1.54) is 24.2 Å². The van der Waals surface area contributed by atoms with Crippen molar-refractivity contribution in [3.63, 3.8) is 0 Å². The Balaban J connectivity index is 1.17. The Morgan fingerprint density at radius 3 is 2.88 bits per heavy atom. The van der Waals surface area contributed by atoms with Gasteiger partial charge in [-0.1, -0.05) is 11.3 Å². The van der Waals surface area contributed by atoms with Crippen molar-refractivity contribution in [1.29, 1.82) is 0 Å². The standard InChI is InChI=1S/C24H24N4O3S/c1-14(29)26-16-10-17-5-6-18(11-16)28(17)13-20-9-15-4-7-19(12-21(15)30-20)31-24-27-23-22(32-24)3-2-8-25-23/h2-4,7-9,12,16-18H,5-6,10-11,13H2,1H3,(H,26,29)/t16-,17+,18-. The van der Waals surface area contributed by atoms with E-state index in [1.54, 1.807) is 13.1 Å². The van der Waals surface area contributed by atoms with Gasteiger partial charge in [-0.05, 0) is 56.0 Å². The molecule has 0 saturated carbocycles. The average molecular weight is 449 g/mol. The fraction of sp³-hybridized carbons (Fsp3) is 0.375. The first-order chi connectivity index (χ1) is 15.6. The van der Waals surface area contributed by atoms with Gasteiger partial charge in [0.2, 0.25) is 5.91 Å². The molecule has 2 aliphatic heterocycles. The van der Waals surface area contributed by atoms with Gasteiger partial charge in [-0.3, -0.25) is 9.69 Å². The van der Waals surface area contributed by atoms with E-state index in [1.807, 2.05) is 30.3 Å². The zero-order valence-electron chi connectivity index (χ0n) is 17.8. The van der Waals surface area contributed by atoms with Crippen LogP contribution in [-0.4, -0.2) is 38.9 Å². The van der Waals surface area contributed by atoms with E-state index in [0.717, 1.165) is 40.8 Å². The number of amides is 1. The van der Waals surface area contributed by atoms with E-state index < -0.39 is 0 Å². The molecule has 164 valence electrons. The fourth-order valence-corrected chi connectivity index (χ4v) is 6.01. The minimum absolute atomic E-state index is 0.0697. The van der Waals surface area contributed by atoms with Crippen molar-refractivity contribution in [2.24, 2.45) is 0 Å². The van der Waals surface area contributed by atoms with Crippen LogP contribution >= 0.6 is 11.3 Å². The molecule has 2 bridgehead atoms. The highest BCUT2D eigenvalue weighted by atomic mass is 32.1. The fourth-order valence-electron chi connectivity index (χ4n) is 5.22. The van der Waals surface area contributed by atoms with Crippen LogP contribution in [0.5, 0.6) is 10.9 Å². The number of nitrogens with one attached hydrogen (secondary N) is 1. The molecular formula is C24H24N4O3S. The first kappa shape index (κ1) is 19.7. The van der Waals surface area contributed by atoms with Crippen LogP contribution in [0, 0.1) is 0 Å². The number of pyridine rings is 1. The Morgan fingerprint density at radius 2 is 2.09 bits per heavy atom. The second kappa shape index (κ2) is 7.86. The van der Waals surface area contributed by atoms with Crippen LogP contribution in [0.3, 0.4) is 0 Å². The van der Waals surface area contributed by atoms with Gasteiger partial charge in [0.1, 0.15) is 17.1 Å². The molecule has 2 saturated heterocycles. The third-order valence-corrected chi connectivity index (χ3v) is 7.41. The average Bonchev–Trinajstić information content (AvgIpc) is 3.41. The van der Waals surface area contributed by atoms with Crippen LogP contribution in [0.25, 0.3) is 21.3 Å². The highest BCUT2D eigenvalue weighted by Crippen LogP contribution is 2.38. The number of furan rings is 1. The number of piperidine rings is 1. The molecule has 32 heavy (non-hydrogen) atoms. The lowest BCUT2D eigenvalue weighted by atomic mass is 9.97. The summed E-state index contributed by atoms with van der Waals surface area (Å²) in [6.45, 7) is 2.41. The molecule has 1 N–H and O–H groups in total. The van der Waals surface area contributed by atoms with Crippen LogP contribution in [0.4, 0.5) is 0 Å². The lowest BCUT2D eigenvalue weighted by Gasteiger charge is -2.38. The summed E-state index contributed by atoms with van der Waals surface area (Å²) < 4.78 is 13.2. The number of carbonyl (C=O) groups is 1. The molecule has 6 rings (SSSR count). The molecule has 3 atom stereocenters. The summed E-state index contributed by atoms with van der Waals surface area (Å²) in [7, 11) is 0. The number of nitrogens with zero attached hydrogens (tertiary/aromatic N) is 3. The van der Waals surface area contributed by atoms with Gasteiger partial charge in [0.05, 0.1) is 11.2 Å². The molecule has 0 radical (unpaired) electrons. The van der Waals surface area contributed by atoms with Gasteiger partial charge < -0.3 is 14.5 Å². The van der Waals surface area contributed by atoms with Crippen LogP contribution in [0.2, 0.25) is 0 Å². The summed E-state index contributed by atoms with van der Waals surface area (Å²) in [5.74, 6) is 1.74. The number of aromatic nitrogens is 2. The molecule has 0 aliphatic carbocycles. The second-order valence-corrected chi connectivity index (χ2v) is 9.74. The quantitative estimate of drug-likeness (QED) is 0.470. The highest BCUT2D eigenvalue weighted by molar-refractivity contribution is 7.20. The largest absolute Gasteiger partial charge is 0.460 e. The third kappa shape index (κ3) is 3.73. The normalized spacial score (nSPS) is 23.1. The van der Waals surface area contributed by atoms with Gasteiger partial charge in [0.15, 0.2) is 5.65 Å². The number of carbonyl (C=O) groups excluding carboxylic acids is 1. The van der Waals surface area contributed by atoms with E-state index >= 15 is 0 Å². The summed E-state index contributed by atoms with van der Waals surface area (Å²) in [4.78, 5) is 22.7. The number of rotatable bonds is 5. The Kier molecular flexibility index (Phi) is 4.84. The third-order valence-electron chi connectivity index (χ3n) is 6.52. The van der Waals surface area contributed by atoms with Gasteiger partial charge in [-0.15, -0.1) is 0 Å². The zero-order chi connectivity index (χ0) is 21.7. The molecule has 8 heteroatoms. The summed E-state index contributed by atoms with van der Waals surface area (Å²) >= 11 is 1.48. The number of hydrogen-bond donors (Lipinski definition) is 1. The zero-order valence-corrected chi connectivity index (χ0v) is 18.6. The number of thiazole rings is 1. The van der Waals surface area contributed by atoms with Crippen molar-refractivity contribution < 1.29 is 13.9 Å². The summed E-state index contributed by atoms with van der Waals surface area (Å²) in [6.07, 6.45) is 6.15. The van der Waals surface area contributed by atoms with E-state index in [-0.39, 0.29) is 5.91 Å². The maximum absolute atomic E-state index is 11.4. The molecule has 1 amide bonds. The number of hydrogen-bond acceptors (Lipinski definition) is 7. The van der Waals surface area contributed by atoms with Crippen molar-refractivity contribution in [2.75, 3.05) is 0 Å². The van der Waals surface area contributed by atoms with Crippen molar-refractivity contribution >= 4 is 38.6 Å². The Bertz CT molecular complexity index is 1250. The molecule has 4 aromatic rings. The Labute approximate surface area is 189 Å². The molecule has 2 aliphatic rings. The summed E-state index contributed by atoms with van der Waals surface area (Å²) in [5.41, 5.74) is 1.52. The molecular weight excluding hydrogens is 424 g/mol. The highest BCUT2D eigenvalue weighted by Gasteiger charge is 2.41. The van der Waals surface area contributed by atoms with Crippen LogP contribution in [0.15, 0.2) is 47.0 Å². The predicted molar refractivity (Wildman–Crippen MR) is 123 cm³/mol. The van der Waals surface area contributed by atoms with Crippen LogP contribution in [-0.2, 0) is 11.3 Å². The molecule has 3 aromatic heterocycles. The van der Waals surface area contributed by atoms with E-state index in [9.17, 15) is 4.79 Å². The minimum atomic E-state index is 0.0697. The van der Waals surface area contributed by atoms with Crippen molar-refractivity contribution in [3.05, 3.63) is 48.4 Å². The topological polar surface area (TPSA) is 80.5 Å². The smallest absolute Gasteiger partial charge is 0.281 e. The van der Waals surface area contributed by atoms with Crippen LogP contribution in [0.1, 0.15) is 38.4 Å². The monoisotopic (exact) mass is 448 g/mol. The predicted octanol–water partition coefficient (Wildman–Crippen LogP) is 4.86. The van der Waals surface area contributed by atoms with Crippen molar-refractivity contribution in [3.8, 4) is 10.9 Å². The summed E-state index contributed by atoms with van der Waals surface area (Å²) in [6, 6.07) is 13.2. The molecule has 0 unspecified atom stereocenters. The number of fused-ring (bicyclic) bond motifs is 4. The van der Waals surface area contributed by atoms with Crippen molar-refractivity contribution in [2.45, 2.75) is 57.3 Å². The lowest BCUT2D eigenvalue weighted by Crippen LogP contribution is -2.49. The molecule has 1 aromatic carbocycles. The van der Waals surface area contributed by atoms with Gasteiger partial charge in [0.25, 0.3) is 5.19 Å². The SMILES string of the molecule is CC(=O)N[C@H]1C[C@H]2CC[C@@H](C1)N2Cc1cc2ccc(Oc3nc4ncccc4s3)cc2o1. The minimum Gasteiger partial charge on any atom is -0.460 e. The number of benzene rings is 1. The first-order valence-corrected chi connectivity index (χ1v) is 11.9. The molecule has 5 heterocycles. The van der Waals surface area contributed by atoms with Gasteiger partial charge in [0, 0.05) is 42.7 Å². The number of ether oxygens (including phenoxy) is 1. The summed E-state index contributed by atoms with van der Waals surface area (Å²) in [5, 5.41) is 4.75. The van der Waals surface area contributed by atoms with Gasteiger partial charge in [-0.25, -0.2) is 4.98 Å². The molecule has 7 nitrogen and oxygen atoms in total. The van der Waals surface area contributed by atoms with Gasteiger partial charge in [-0.2, -0.15) is 4.98 Å². The second-order valence-electron chi connectivity index (χ2n) is 8.75. The maximum Gasteiger partial charge on any atom is 0.281 e. The Hall–Kier alpha value is -2.97. The molecule has 2 fully saturated rings. The molecule has 0 spiro atoms. The Morgan fingerprint density at radius 1 is 1.25 bits per heavy atom. The van der Waals surface area contributed by atoms with E-state index in [4.69, 9.17) is 9.15 Å². The lowest BCUT2D eigenvalue weighted by molar-refractivity contribution is -0.120. The van der Waals surface area contributed by atoms with E-state index in [2.05, 4.69) is 26.3 Å². The van der Waals surface area contributed by atoms with Gasteiger partial charge >= 0.3 is 0 Å². The van der Waals surface area contributed by atoms with Crippen molar-refractivity contribution in [1.82, 2.24) is 20.2 Å². The van der Waals surface area contributed by atoms with Crippen LogP contribution < -0.4 is 10.1 Å². The maximum atomic E-state index is 11.4. The van der Waals surface area contributed by atoms with E-state index in [0.29, 0.717) is 34.7 Å². The first-order valence-electron chi connectivity index (χ1n) is 11.1.